The van der Waals surface area contributed by atoms with Crippen molar-refractivity contribution in [2.75, 3.05) is 31.2 Å². The standard InChI is InChI=1S/C20H25FN4O3S/c1-3-25(29(2,27)28)15-10-13-24(14-11-15)20(26)16-7-6-12-22-19(16)23-18-9-5-4-8-17(18)21/h4-9,12,15H,3,10-11,13-14H2,1-2H3,(H,22,23). The molecule has 0 unspecified atom stereocenters. The van der Waals surface area contributed by atoms with E-state index in [1.807, 2.05) is 6.92 Å². The van der Waals surface area contributed by atoms with Crippen LogP contribution in [0.4, 0.5) is 15.9 Å². The Morgan fingerprint density at radius 1 is 1.24 bits per heavy atom. The van der Waals surface area contributed by atoms with Crippen molar-refractivity contribution in [2.24, 2.45) is 0 Å². The molecule has 1 saturated heterocycles. The maximum atomic E-state index is 14.0. The molecule has 1 aliphatic heterocycles. The molecule has 9 heteroatoms. The first-order valence-electron chi connectivity index (χ1n) is 9.54. The van der Waals surface area contributed by atoms with E-state index in [1.165, 1.54) is 22.8 Å². The topological polar surface area (TPSA) is 82.6 Å². The summed E-state index contributed by atoms with van der Waals surface area (Å²) in [5, 5.41) is 2.90. The average Bonchev–Trinajstić information content (AvgIpc) is 2.70. The molecule has 1 aromatic carbocycles. The van der Waals surface area contributed by atoms with E-state index < -0.39 is 15.8 Å². The summed E-state index contributed by atoms with van der Waals surface area (Å²) >= 11 is 0. The van der Waals surface area contributed by atoms with Gasteiger partial charge in [0.05, 0.1) is 17.5 Å². The number of benzene rings is 1. The molecule has 1 amide bonds. The van der Waals surface area contributed by atoms with Gasteiger partial charge in [0.2, 0.25) is 10.0 Å². The fourth-order valence-electron chi connectivity index (χ4n) is 3.66. The van der Waals surface area contributed by atoms with Gasteiger partial charge in [-0.25, -0.2) is 17.8 Å². The summed E-state index contributed by atoms with van der Waals surface area (Å²) in [5.41, 5.74) is 0.593. The Morgan fingerprint density at radius 3 is 2.55 bits per heavy atom. The Bertz CT molecular complexity index is 975. The molecule has 2 aromatic rings. The zero-order valence-corrected chi connectivity index (χ0v) is 17.3. The Balaban J connectivity index is 1.73. The zero-order chi connectivity index (χ0) is 21.0. The summed E-state index contributed by atoms with van der Waals surface area (Å²) in [4.78, 5) is 19.0. The minimum absolute atomic E-state index is 0.107. The van der Waals surface area contributed by atoms with Gasteiger partial charge in [0.1, 0.15) is 11.6 Å². The number of rotatable bonds is 6. The third-order valence-corrected chi connectivity index (χ3v) is 6.47. The summed E-state index contributed by atoms with van der Waals surface area (Å²) in [6.07, 6.45) is 3.90. The normalized spacial score (nSPS) is 15.5. The number of sulfonamides is 1. The van der Waals surface area contributed by atoms with Crippen molar-refractivity contribution in [1.82, 2.24) is 14.2 Å². The fraction of sp³-hybridized carbons (Fsp3) is 0.400. The van der Waals surface area contributed by atoms with Gasteiger partial charge in [0.15, 0.2) is 0 Å². The van der Waals surface area contributed by atoms with Gasteiger partial charge in [-0.1, -0.05) is 19.1 Å². The van der Waals surface area contributed by atoms with Crippen LogP contribution in [0.15, 0.2) is 42.6 Å². The quantitative estimate of drug-likeness (QED) is 0.777. The van der Waals surface area contributed by atoms with Crippen LogP contribution in [0.1, 0.15) is 30.1 Å². The number of para-hydroxylation sites is 1. The zero-order valence-electron chi connectivity index (χ0n) is 16.5. The van der Waals surface area contributed by atoms with Crippen LogP contribution < -0.4 is 5.32 Å². The number of hydrogen-bond acceptors (Lipinski definition) is 5. The van der Waals surface area contributed by atoms with Crippen LogP contribution in [0, 0.1) is 5.82 Å². The predicted octanol–water partition coefficient (Wildman–Crippen LogP) is 2.85. The SMILES string of the molecule is CCN(C1CCN(C(=O)c2cccnc2Nc2ccccc2F)CC1)S(C)(=O)=O. The van der Waals surface area contributed by atoms with Gasteiger partial charge in [-0.3, -0.25) is 4.79 Å². The molecule has 0 aliphatic carbocycles. The summed E-state index contributed by atoms with van der Waals surface area (Å²) in [7, 11) is -3.28. The number of likely N-dealkylation sites (tertiary alicyclic amines) is 1. The highest BCUT2D eigenvalue weighted by molar-refractivity contribution is 7.88. The summed E-state index contributed by atoms with van der Waals surface area (Å²) in [6, 6.07) is 9.40. The van der Waals surface area contributed by atoms with Gasteiger partial charge in [0, 0.05) is 31.9 Å². The van der Waals surface area contributed by atoms with Crippen molar-refractivity contribution >= 4 is 27.4 Å². The molecule has 29 heavy (non-hydrogen) atoms. The fourth-order valence-corrected chi connectivity index (χ4v) is 4.88. The van der Waals surface area contributed by atoms with Gasteiger partial charge < -0.3 is 10.2 Å². The van der Waals surface area contributed by atoms with Gasteiger partial charge >= 0.3 is 0 Å². The number of carbonyl (C=O) groups excluding carboxylic acids is 1. The first kappa shape index (κ1) is 21.2. The highest BCUT2D eigenvalue weighted by Gasteiger charge is 2.31. The van der Waals surface area contributed by atoms with Crippen LogP contribution in [0.25, 0.3) is 0 Å². The minimum Gasteiger partial charge on any atom is -0.338 e. The second-order valence-electron chi connectivity index (χ2n) is 6.99. The number of nitrogens with one attached hydrogen (secondary N) is 1. The molecular weight excluding hydrogens is 395 g/mol. The second kappa shape index (κ2) is 8.87. The van der Waals surface area contributed by atoms with Gasteiger partial charge in [0.25, 0.3) is 5.91 Å². The second-order valence-corrected chi connectivity index (χ2v) is 8.93. The Hall–Kier alpha value is -2.52. The van der Waals surface area contributed by atoms with E-state index in [2.05, 4.69) is 10.3 Å². The maximum absolute atomic E-state index is 14.0. The number of carbonyl (C=O) groups is 1. The monoisotopic (exact) mass is 420 g/mol. The third kappa shape index (κ3) is 4.91. The largest absolute Gasteiger partial charge is 0.338 e. The summed E-state index contributed by atoms with van der Waals surface area (Å²) in [6.45, 7) is 3.12. The van der Waals surface area contributed by atoms with Crippen molar-refractivity contribution in [3.63, 3.8) is 0 Å². The lowest BCUT2D eigenvalue weighted by atomic mass is 10.0. The lowest BCUT2D eigenvalue weighted by Crippen LogP contribution is -2.48. The Kier molecular flexibility index (Phi) is 6.49. The van der Waals surface area contributed by atoms with Crippen molar-refractivity contribution in [3.05, 3.63) is 54.0 Å². The molecular formula is C20H25FN4O3S. The molecule has 156 valence electrons. The van der Waals surface area contributed by atoms with E-state index in [0.29, 0.717) is 38.0 Å². The maximum Gasteiger partial charge on any atom is 0.257 e. The van der Waals surface area contributed by atoms with E-state index in [1.54, 1.807) is 35.2 Å². The van der Waals surface area contributed by atoms with Crippen LogP contribution in [-0.4, -0.2) is 60.4 Å². The smallest absolute Gasteiger partial charge is 0.257 e. The van der Waals surface area contributed by atoms with Crippen LogP contribution in [0.5, 0.6) is 0 Å². The molecule has 0 spiro atoms. The van der Waals surface area contributed by atoms with Crippen molar-refractivity contribution in [1.29, 1.82) is 0 Å². The highest BCUT2D eigenvalue weighted by Crippen LogP contribution is 2.25. The highest BCUT2D eigenvalue weighted by atomic mass is 32.2. The molecule has 7 nitrogen and oxygen atoms in total. The van der Waals surface area contributed by atoms with E-state index in [9.17, 15) is 17.6 Å². The molecule has 1 aromatic heterocycles. The summed E-state index contributed by atoms with van der Waals surface area (Å²) in [5.74, 6) is -0.355. The molecule has 0 saturated carbocycles. The number of halogens is 1. The molecule has 1 aliphatic rings. The van der Waals surface area contributed by atoms with Crippen molar-refractivity contribution in [3.8, 4) is 0 Å². The number of aromatic nitrogens is 1. The minimum atomic E-state index is -3.28. The van der Waals surface area contributed by atoms with E-state index >= 15 is 0 Å². The van der Waals surface area contributed by atoms with Crippen LogP contribution >= 0.6 is 0 Å². The Morgan fingerprint density at radius 2 is 1.93 bits per heavy atom. The molecule has 1 fully saturated rings. The Labute approximate surface area is 170 Å². The van der Waals surface area contributed by atoms with Gasteiger partial charge in [-0.05, 0) is 37.1 Å². The summed E-state index contributed by atoms with van der Waals surface area (Å²) < 4.78 is 39.3. The van der Waals surface area contributed by atoms with Gasteiger partial charge in [-0.15, -0.1) is 0 Å². The van der Waals surface area contributed by atoms with E-state index in [0.717, 1.165) is 0 Å². The predicted molar refractivity (Wildman–Crippen MR) is 110 cm³/mol. The number of anilines is 2. The number of nitrogens with zero attached hydrogens (tertiary/aromatic N) is 3. The molecule has 0 bridgehead atoms. The number of hydrogen-bond donors (Lipinski definition) is 1. The number of piperidine rings is 1. The van der Waals surface area contributed by atoms with E-state index in [4.69, 9.17) is 0 Å². The van der Waals surface area contributed by atoms with E-state index in [-0.39, 0.29) is 23.5 Å². The van der Waals surface area contributed by atoms with Crippen LogP contribution in [0.2, 0.25) is 0 Å². The van der Waals surface area contributed by atoms with Crippen LogP contribution in [0.3, 0.4) is 0 Å². The molecule has 3 rings (SSSR count). The lowest BCUT2D eigenvalue weighted by molar-refractivity contribution is 0.0681. The van der Waals surface area contributed by atoms with Crippen molar-refractivity contribution < 1.29 is 17.6 Å². The molecule has 2 heterocycles. The first-order chi connectivity index (χ1) is 13.8. The number of amides is 1. The molecule has 0 atom stereocenters. The molecule has 0 radical (unpaired) electrons. The van der Waals surface area contributed by atoms with Gasteiger partial charge in [-0.2, -0.15) is 4.31 Å². The lowest BCUT2D eigenvalue weighted by Gasteiger charge is -2.37. The van der Waals surface area contributed by atoms with Crippen molar-refractivity contribution in [2.45, 2.75) is 25.8 Å². The van der Waals surface area contributed by atoms with Crippen LogP contribution in [-0.2, 0) is 10.0 Å². The third-order valence-electron chi connectivity index (χ3n) is 5.06. The number of pyridine rings is 1. The first-order valence-corrected chi connectivity index (χ1v) is 11.4. The molecule has 1 N–H and O–H groups in total. The average molecular weight is 421 g/mol.